The third-order valence-corrected chi connectivity index (χ3v) is 5.34. The number of aromatic nitrogens is 6. The summed E-state index contributed by atoms with van der Waals surface area (Å²) < 4.78 is 3.76. The molecule has 0 N–H and O–H groups in total. The number of hydrogen-bond acceptors (Lipinski definition) is 6. The fourth-order valence-electron chi connectivity index (χ4n) is 3.31. The van der Waals surface area contributed by atoms with E-state index in [0.717, 1.165) is 42.4 Å². The van der Waals surface area contributed by atoms with E-state index < -0.39 is 0 Å². The number of piperidine rings is 1. The number of rotatable bonds is 5. The number of likely N-dealkylation sites (tertiary alicyclic amines) is 1. The molecule has 0 aromatic carbocycles. The molecule has 0 aliphatic carbocycles. The maximum atomic E-state index is 4.78. The summed E-state index contributed by atoms with van der Waals surface area (Å²) in [5.74, 6) is 0.636. The topological polar surface area (TPSA) is 64.7 Å². The number of hydrogen-bond donors (Lipinski definition) is 0. The Morgan fingerprint density at radius 2 is 2.29 bits per heavy atom. The summed E-state index contributed by atoms with van der Waals surface area (Å²) >= 11 is 1.70. The molecule has 1 aliphatic heterocycles. The molecule has 126 valence electrons. The number of thiazole rings is 1. The van der Waals surface area contributed by atoms with Gasteiger partial charge in [-0.15, -0.1) is 11.3 Å². The number of nitrogens with zero attached hydrogens (tertiary/aromatic N) is 7. The van der Waals surface area contributed by atoms with E-state index in [4.69, 9.17) is 4.98 Å². The van der Waals surface area contributed by atoms with Crippen molar-refractivity contribution < 1.29 is 0 Å². The highest BCUT2D eigenvalue weighted by atomic mass is 32.1. The first-order valence-electron chi connectivity index (χ1n) is 8.24. The van der Waals surface area contributed by atoms with Crippen LogP contribution >= 0.6 is 11.3 Å². The second-order valence-corrected chi connectivity index (χ2v) is 7.27. The van der Waals surface area contributed by atoms with E-state index in [9.17, 15) is 0 Å². The van der Waals surface area contributed by atoms with Crippen LogP contribution in [0.5, 0.6) is 0 Å². The minimum atomic E-state index is 0.636. The van der Waals surface area contributed by atoms with Gasteiger partial charge in [0.1, 0.15) is 17.7 Å². The third-order valence-electron chi connectivity index (χ3n) is 4.40. The molecule has 8 heteroatoms. The largest absolute Gasteiger partial charge is 0.297 e. The van der Waals surface area contributed by atoms with Crippen LogP contribution in [0.15, 0.2) is 30.4 Å². The van der Waals surface area contributed by atoms with Crippen LogP contribution in [0.1, 0.15) is 18.5 Å². The van der Waals surface area contributed by atoms with Gasteiger partial charge in [0.2, 0.25) is 0 Å². The van der Waals surface area contributed by atoms with Crippen LogP contribution in [0, 0.1) is 5.92 Å². The SMILES string of the molecule is Cn1cc(-c2nc(CN3CCCC(Cn4cncn4)C3)cs2)cn1. The molecule has 3 aromatic heterocycles. The molecule has 7 nitrogen and oxygen atoms in total. The number of aryl methyl sites for hydroxylation is 1. The fraction of sp³-hybridized carbons (Fsp3) is 0.500. The summed E-state index contributed by atoms with van der Waals surface area (Å²) in [7, 11) is 1.93. The molecule has 1 atom stereocenters. The highest BCUT2D eigenvalue weighted by Crippen LogP contribution is 2.25. The van der Waals surface area contributed by atoms with Crippen LogP contribution in [-0.2, 0) is 20.1 Å². The Hall–Kier alpha value is -2.06. The summed E-state index contributed by atoms with van der Waals surface area (Å²) in [5.41, 5.74) is 2.25. The zero-order valence-corrected chi connectivity index (χ0v) is 14.6. The maximum absolute atomic E-state index is 4.78. The molecule has 4 heterocycles. The fourth-order valence-corrected chi connectivity index (χ4v) is 4.09. The third kappa shape index (κ3) is 3.54. The molecule has 1 saturated heterocycles. The quantitative estimate of drug-likeness (QED) is 0.709. The van der Waals surface area contributed by atoms with Crippen LogP contribution in [0.4, 0.5) is 0 Å². The van der Waals surface area contributed by atoms with Crippen molar-refractivity contribution in [2.75, 3.05) is 13.1 Å². The van der Waals surface area contributed by atoms with Gasteiger partial charge in [-0.2, -0.15) is 10.2 Å². The highest BCUT2D eigenvalue weighted by Gasteiger charge is 2.21. The molecule has 1 aliphatic rings. The normalized spacial score (nSPS) is 19.0. The van der Waals surface area contributed by atoms with E-state index in [1.165, 1.54) is 12.8 Å². The molecule has 24 heavy (non-hydrogen) atoms. The van der Waals surface area contributed by atoms with Gasteiger partial charge in [-0.05, 0) is 25.3 Å². The first-order valence-corrected chi connectivity index (χ1v) is 9.12. The minimum Gasteiger partial charge on any atom is -0.297 e. The molecule has 0 saturated carbocycles. The van der Waals surface area contributed by atoms with Crippen molar-refractivity contribution >= 4 is 11.3 Å². The summed E-state index contributed by atoms with van der Waals surface area (Å²) in [5, 5.41) is 11.7. The average molecular weight is 343 g/mol. The van der Waals surface area contributed by atoms with Crippen molar-refractivity contribution in [2.24, 2.45) is 13.0 Å². The van der Waals surface area contributed by atoms with Gasteiger partial charge >= 0.3 is 0 Å². The first kappa shape index (κ1) is 15.5. The van der Waals surface area contributed by atoms with Crippen LogP contribution in [0.25, 0.3) is 10.6 Å². The maximum Gasteiger partial charge on any atom is 0.137 e. The lowest BCUT2D eigenvalue weighted by Crippen LogP contribution is -2.36. The van der Waals surface area contributed by atoms with Crippen molar-refractivity contribution in [1.82, 2.24) is 34.4 Å². The Labute approximate surface area is 145 Å². The van der Waals surface area contributed by atoms with Gasteiger partial charge in [-0.3, -0.25) is 14.3 Å². The van der Waals surface area contributed by atoms with Crippen molar-refractivity contribution in [3.63, 3.8) is 0 Å². The summed E-state index contributed by atoms with van der Waals surface area (Å²) in [6.07, 6.45) is 9.79. The Kier molecular flexibility index (Phi) is 4.40. The van der Waals surface area contributed by atoms with Gasteiger partial charge in [-0.1, -0.05) is 0 Å². The van der Waals surface area contributed by atoms with Crippen molar-refractivity contribution in [1.29, 1.82) is 0 Å². The molecule has 0 radical (unpaired) electrons. The second kappa shape index (κ2) is 6.82. The van der Waals surface area contributed by atoms with Crippen LogP contribution in [-0.4, -0.2) is 47.5 Å². The molecule has 3 aromatic rings. The van der Waals surface area contributed by atoms with Crippen LogP contribution < -0.4 is 0 Å². The van der Waals surface area contributed by atoms with Crippen molar-refractivity contribution in [3.8, 4) is 10.6 Å². The lowest BCUT2D eigenvalue weighted by molar-refractivity contribution is 0.152. The van der Waals surface area contributed by atoms with Gasteiger partial charge in [-0.25, -0.2) is 9.97 Å². The Morgan fingerprint density at radius 3 is 3.08 bits per heavy atom. The van der Waals surface area contributed by atoms with Gasteiger partial charge in [0.15, 0.2) is 0 Å². The smallest absolute Gasteiger partial charge is 0.137 e. The van der Waals surface area contributed by atoms with E-state index >= 15 is 0 Å². The Bertz CT molecular complexity index is 776. The zero-order valence-electron chi connectivity index (χ0n) is 13.7. The summed E-state index contributed by atoms with van der Waals surface area (Å²) in [6, 6.07) is 0. The van der Waals surface area contributed by atoms with E-state index in [0.29, 0.717) is 5.92 Å². The van der Waals surface area contributed by atoms with E-state index in [-0.39, 0.29) is 0 Å². The summed E-state index contributed by atoms with van der Waals surface area (Å²) in [6.45, 7) is 4.12. The van der Waals surface area contributed by atoms with Crippen molar-refractivity contribution in [3.05, 3.63) is 36.1 Å². The Balaban J connectivity index is 1.37. The highest BCUT2D eigenvalue weighted by molar-refractivity contribution is 7.13. The lowest BCUT2D eigenvalue weighted by Gasteiger charge is -2.32. The average Bonchev–Trinajstić information content (AvgIpc) is 3.30. The second-order valence-electron chi connectivity index (χ2n) is 6.41. The molecule has 1 fully saturated rings. The Morgan fingerprint density at radius 1 is 1.33 bits per heavy atom. The lowest BCUT2D eigenvalue weighted by atomic mass is 9.98. The van der Waals surface area contributed by atoms with Gasteiger partial charge in [0.05, 0.1) is 11.9 Å². The predicted octanol–water partition coefficient (Wildman–Crippen LogP) is 2.05. The van der Waals surface area contributed by atoms with Gasteiger partial charge in [0.25, 0.3) is 0 Å². The first-order chi connectivity index (χ1) is 11.8. The zero-order chi connectivity index (χ0) is 16.4. The van der Waals surface area contributed by atoms with E-state index in [1.807, 2.05) is 28.8 Å². The molecule has 0 amide bonds. The van der Waals surface area contributed by atoms with E-state index in [2.05, 4.69) is 25.5 Å². The van der Waals surface area contributed by atoms with Gasteiger partial charge in [0, 0.05) is 43.8 Å². The van der Waals surface area contributed by atoms with E-state index in [1.54, 1.807) is 24.0 Å². The van der Waals surface area contributed by atoms with Crippen LogP contribution in [0.2, 0.25) is 0 Å². The predicted molar refractivity (Wildman–Crippen MR) is 92.3 cm³/mol. The van der Waals surface area contributed by atoms with Crippen LogP contribution in [0.3, 0.4) is 0 Å². The molecule has 4 rings (SSSR count). The molecule has 1 unspecified atom stereocenters. The molecular weight excluding hydrogens is 322 g/mol. The molecule has 0 bridgehead atoms. The van der Waals surface area contributed by atoms with Gasteiger partial charge < -0.3 is 0 Å². The van der Waals surface area contributed by atoms with Crippen molar-refractivity contribution in [2.45, 2.75) is 25.9 Å². The minimum absolute atomic E-state index is 0.636. The molecular formula is C16H21N7S. The monoisotopic (exact) mass is 343 g/mol. The summed E-state index contributed by atoms with van der Waals surface area (Å²) in [4.78, 5) is 11.3. The standard InChI is InChI=1S/C16H21N7S/c1-21-8-14(5-18-21)16-20-15(10-24-16)9-22-4-2-3-13(6-22)7-23-12-17-11-19-23/h5,8,10-13H,2-4,6-7,9H2,1H3. The molecule has 0 spiro atoms.